The van der Waals surface area contributed by atoms with Crippen LogP contribution in [0.15, 0.2) is 18.2 Å². The molecule has 0 aromatic heterocycles. The molecule has 106 valence electrons. The molecule has 1 amide bonds. The maximum Gasteiger partial charge on any atom is 0.238 e. The number of carbonyl (C=O) groups excluding carboxylic acids is 1. The molecule has 0 heterocycles. The van der Waals surface area contributed by atoms with Gasteiger partial charge in [0.2, 0.25) is 5.91 Å². The molecule has 5 nitrogen and oxygen atoms in total. The summed E-state index contributed by atoms with van der Waals surface area (Å²) >= 11 is 0. The maximum absolute atomic E-state index is 11.9. The first-order valence-electron chi connectivity index (χ1n) is 6.44. The Morgan fingerprint density at radius 3 is 2.79 bits per heavy atom. The van der Waals surface area contributed by atoms with E-state index in [1.165, 1.54) is 0 Å². The van der Waals surface area contributed by atoms with E-state index in [0.717, 1.165) is 24.3 Å². The Morgan fingerprint density at radius 1 is 1.47 bits per heavy atom. The summed E-state index contributed by atoms with van der Waals surface area (Å²) in [5.41, 5.74) is 8.24. The summed E-state index contributed by atoms with van der Waals surface area (Å²) in [6.45, 7) is 6.49. The van der Waals surface area contributed by atoms with Gasteiger partial charge in [0.1, 0.15) is 0 Å². The second-order valence-electron chi connectivity index (χ2n) is 4.48. The maximum atomic E-state index is 11.9. The van der Waals surface area contributed by atoms with Crippen LogP contribution in [0.3, 0.4) is 0 Å². The normalized spacial score (nSPS) is 10.7. The highest BCUT2D eigenvalue weighted by molar-refractivity contribution is 5.92. The molecule has 0 unspecified atom stereocenters. The van der Waals surface area contributed by atoms with Crippen LogP contribution >= 0.6 is 0 Å². The van der Waals surface area contributed by atoms with Gasteiger partial charge in [0.25, 0.3) is 0 Å². The van der Waals surface area contributed by atoms with E-state index in [9.17, 15) is 4.79 Å². The van der Waals surface area contributed by atoms with Crippen LogP contribution in [0.4, 0.5) is 11.4 Å². The summed E-state index contributed by atoms with van der Waals surface area (Å²) in [5, 5.41) is 2.85. The van der Waals surface area contributed by atoms with Crippen molar-refractivity contribution in [3.8, 4) is 0 Å². The van der Waals surface area contributed by atoms with Gasteiger partial charge in [-0.15, -0.1) is 0 Å². The molecule has 0 saturated heterocycles. The van der Waals surface area contributed by atoms with Crippen molar-refractivity contribution in [1.82, 2.24) is 4.90 Å². The van der Waals surface area contributed by atoms with Gasteiger partial charge in [-0.05, 0) is 31.2 Å². The Morgan fingerprint density at radius 2 is 2.21 bits per heavy atom. The Labute approximate surface area is 114 Å². The molecule has 1 aromatic rings. The van der Waals surface area contributed by atoms with Crippen LogP contribution in [0.1, 0.15) is 12.5 Å². The van der Waals surface area contributed by atoms with E-state index < -0.39 is 0 Å². The van der Waals surface area contributed by atoms with Gasteiger partial charge in [-0.25, -0.2) is 0 Å². The Kier molecular flexibility index (Phi) is 6.32. The van der Waals surface area contributed by atoms with E-state index in [1.54, 1.807) is 13.2 Å². The lowest BCUT2D eigenvalue weighted by Crippen LogP contribution is -2.35. The number of ether oxygens (including phenoxy) is 1. The molecule has 0 saturated carbocycles. The third-order valence-electron chi connectivity index (χ3n) is 2.99. The van der Waals surface area contributed by atoms with Gasteiger partial charge < -0.3 is 15.8 Å². The molecule has 0 spiro atoms. The molecule has 0 bridgehead atoms. The van der Waals surface area contributed by atoms with Crippen LogP contribution in [-0.4, -0.2) is 44.2 Å². The fraction of sp³-hybridized carbons (Fsp3) is 0.500. The van der Waals surface area contributed by atoms with Crippen LogP contribution < -0.4 is 11.1 Å². The number of nitrogens with two attached hydrogens (primary N) is 1. The highest BCUT2D eigenvalue weighted by Gasteiger charge is 2.09. The number of carbonyl (C=O) groups is 1. The van der Waals surface area contributed by atoms with Gasteiger partial charge in [0, 0.05) is 25.0 Å². The van der Waals surface area contributed by atoms with Gasteiger partial charge >= 0.3 is 0 Å². The number of hydrogen-bond donors (Lipinski definition) is 2. The Bertz CT molecular complexity index is 421. The summed E-state index contributed by atoms with van der Waals surface area (Å²) in [4.78, 5) is 13.9. The van der Waals surface area contributed by atoms with Crippen molar-refractivity contribution in [2.45, 2.75) is 13.8 Å². The van der Waals surface area contributed by atoms with Crippen LogP contribution in [0.5, 0.6) is 0 Å². The number of nitrogens with zero attached hydrogens (tertiary/aromatic N) is 1. The zero-order valence-electron chi connectivity index (χ0n) is 11.9. The number of nitrogens with one attached hydrogen (secondary N) is 1. The molecule has 1 aromatic carbocycles. The van der Waals surface area contributed by atoms with Gasteiger partial charge in [-0.2, -0.15) is 0 Å². The predicted octanol–water partition coefficient (Wildman–Crippen LogP) is 1.48. The van der Waals surface area contributed by atoms with Gasteiger partial charge in [0.15, 0.2) is 0 Å². The van der Waals surface area contributed by atoms with E-state index in [1.807, 2.05) is 30.9 Å². The smallest absolute Gasteiger partial charge is 0.238 e. The van der Waals surface area contributed by atoms with Crippen LogP contribution in [-0.2, 0) is 9.53 Å². The number of methoxy groups -OCH3 is 1. The zero-order chi connectivity index (χ0) is 14.3. The van der Waals surface area contributed by atoms with Crippen molar-refractivity contribution in [2.75, 3.05) is 44.4 Å². The molecule has 0 atom stereocenters. The fourth-order valence-corrected chi connectivity index (χ4v) is 1.69. The SMILES string of the molecule is CCN(CCOC)CC(=O)Nc1ccc(C)c(N)c1. The molecule has 0 radical (unpaired) electrons. The van der Waals surface area contributed by atoms with Gasteiger partial charge in [-0.3, -0.25) is 9.69 Å². The number of hydrogen-bond acceptors (Lipinski definition) is 4. The van der Waals surface area contributed by atoms with Crippen molar-refractivity contribution >= 4 is 17.3 Å². The number of anilines is 2. The third-order valence-corrected chi connectivity index (χ3v) is 2.99. The number of nitrogen functional groups attached to an aromatic ring is 1. The van der Waals surface area contributed by atoms with Crippen molar-refractivity contribution in [1.29, 1.82) is 0 Å². The topological polar surface area (TPSA) is 67.6 Å². The van der Waals surface area contributed by atoms with Gasteiger partial charge in [-0.1, -0.05) is 13.0 Å². The summed E-state index contributed by atoms with van der Waals surface area (Å²) < 4.78 is 5.01. The van der Waals surface area contributed by atoms with Gasteiger partial charge in [0.05, 0.1) is 13.2 Å². The molecule has 0 fully saturated rings. The fourth-order valence-electron chi connectivity index (χ4n) is 1.69. The van der Waals surface area contributed by atoms with Crippen molar-refractivity contribution in [3.63, 3.8) is 0 Å². The van der Waals surface area contributed by atoms with Crippen LogP contribution in [0, 0.1) is 6.92 Å². The van der Waals surface area contributed by atoms with E-state index in [4.69, 9.17) is 10.5 Å². The summed E-state index contributed by atoms with van der Waals surface area (Å²) in [6, 6.07) is 5.53. The first-order valence-corrected chi connectivity index (χ1v) is 6.44. The molecule has 0 aliphatic carbocycles. The highest BCUT2D eigenvalue weighted by atomic mass is 16.5. The van der Waals surface area contributed by atoms with Crippen LogP contribution in [0.25, 0.3) is 0 Å². The summed E-state index contributed by atoms with van der Waals surface area (Å²) in [6.07, 6.45) is 0. The predicted molar refractivity (Wildman–Crippen MR) is 78.2 cm³/mol. The molecule has 3 N–H and O–H groups in total. The number of benzene rings is 1. The largest absolute Gasteiger partial charge is 0.398 e. The standard InChI is InChI=1S/C14H23N3O2/c1-4-17(7-8-19-3)10-14(18)16-12-6-5-11(2)13(15)9-12/h5-6,9H,4,7-8,10,15H2,1-3H3,(H,16,18). The Hall–Kier alpha value is -1.59. The second-order valence-corrected chi connectivity index (χ2v) is 4.48. The molecule has 0 aliphatic heterocycles. The summed E-state index contributed by atoms with van der Waals surface area (Å²) in [5.74, 6) is -0.0405. The molecular formula is C14H23N3O2. The number of rotatable bonds is 7. The average Bonchev–Trinajstić information content (AvgIpc) is 2.38. The monoisotopic (exact) mass is 265 g/mol. The van der Waals surface area contributed by atoms with Crippen molar-refractivity contribution < 1.29 is 9.53 Å². The minimum absolute atomic E-state index is 0.0405. The minimum Gasteiger partial charge on any atom is -0.398 e. The minimum atomic E-state index is -0.0405. The first-order chi connectivity index (χ1) is 9.06. The average molecular weight is 265 g/mol. The van der Waals surface area contributed by atoms with Crippen molar-refractivity contribution in [3.05, 3.63) is 23.8 Å². The lowest BCUT2D eigenvalue weighted by molar-refractivity contribution is -0.117. The van der Waals surface area contributed by atoms with E-state index >= 15 is 0 Å². The number of likely N-dealkylation sites (N-methyl/N-ethyl adjacent to an activating group) is 1. The molecule has 19 heavy (non-hydrogen) atoms. The number of aryl methyl sites for hydroxylation is 1. The van der Waals surface area contributed by atoms with E-state index in [-0.39, 0.29) is 5.91 Å². The Balaban J connectivity index is 2.51. The lowest BCUT2D eigenvalue weighted by atomic mass is 10.2. The number of amides is 1. The second kappa shape index (κ2) is 7.76. The van der Waals surface area contributed by atoms with E-state index in [0.29, 0.717) is 18.8 Å². The van der Waals surface area contributed by atoms with E-state index in [2.05, 4.69) is 5.32 Å². The molecular weight excluding hydrogens is 242 g/mol. The third kappa shape index (κ3) is 5.28. The summed E-state index contributed by atoms with van der Waals surface area (Å²) in [7, 11) is 1.66. The lowest BCUT2D eigenvalue weighted by Gasteiger charge is -2.19. The highest BCUT2D eigenvalue weighted by Crippen LogP contribution is 2.16. The molecule has 1 rings (SSSR count). The first kappa shape index (κ1) is 15.5. The molecule has 5 heteroatoms. The zero-order valence-corrected chi connectivity index (χ0v) is 11.9. The van der Waals surface area contributed by atoms with Crippen molar-refractivity contribution in [2.24, 2.45) is 0 Å². The molecule has 0 aliphatic rings. The quantitative estimate of drug-likeness (QED) is 0.733. The van der Waals surface area contributed by atoms with Crippen LogP contribution in [0.2, 0.25) is 0 Å².